The van der Waals surface area contributed by atoms with E-state index in [1.165, 1.54) is 0 Å². The van der Waals surface area contributed by atoms with Crippen LogP contribution in [-0.2, 0) is 13.6 Å². The Morgan fingerprint density at radius 3 is 2.75 bits per heavy atom. The highest BCUT2D eigenvalue weighted by molar-refractivity contribution is 6.31. The maximum atomic E-state index is 6.35. The number of halogens is 1. The third kappa shape index (κ3) is 3.22. The highest BCUT2D eigenvalue weighted by Gasteiger charge is 2.23. The summed E-state index contributed by atoms with van der Waals surface area (Å²) < 4.78 is 3.93. The van der Waals surface area contributed by atoms with E-state index >= 15 is 0 Å². The van der Waals surface area contributed by atoms with E-state index in [4.69, 9.17) is 11.6 Å². The third-order valence-corrected chi connectivity index (χ3v) is 3.45. The van der Waals surface area contributed by atoms with Crippen LogP contribution in [0.4, 0.5) is 0 Å². The molecule has 1 N–H and O–H groups in total. The van der Waals surface area contributed by atoms with E-state index in [-0.39, 0.29) is 6.04 Å². The highest BCUT2D eigenvalue weighted by Crippen LogP contribution is 2.27. The average Bonchev–Trinajstić information content (AvgIpc) is 3.00. The molecule has 0 spiro atoms. The largest absolute Gasteiger partial charge is 0.340 e. The Morgan fingerprint density at radius 1 is 1.35 bits per heavy atom. The minimum Gasteiger partial charge on any atom is -0.340 e. The first-order valence-electron chi connectivity index (χ1n) is 7.09. The monoisotopic (exact) mass is 295 g/mol. The average molecular weight is 296 g/mol. The topological polar surface area (TPSA) is 47.7 Å². The number of nitrogens with zero attached hydrogens (tertiary/aromatic N) is 4. The molecule has 0 saturated carbocycles. The first kappa shape index (κ1) is 15.1. The van der Waals surface area contributed by atoms with Gasteiger partial charge in [0.1, 0.15) is 0 Å². The molecule has 110 valence electrons. The minimum absolute atomic E-state index is 0.0160. The molecule has 0 aliphatic heterocycles. The minimum atomic E-state index is -0.0160. The Morgan fingerprint density at radius 2 is 2.15 bits per heavy atom. The lowest BCUT2D eigenvalue weighted by Crippen LogP contribution is -2.26. The van der Waals surface area contributed by atoms with E-state index in [1.54, 1.807) is 6.20 Å². The first-order chi connectivity index (χ1) is 9.67. The zero-order valence-corrected chi connectivity index (χ0v) is 13.1. The van der Waals surface area contributed by atoms with Crippen LogP contribution >= 0.6 is 11.6 Å². The molecule has 2 rings (SSSR count). The molecule has 1 atom stereocenters. The van der Waals surface area contributed by atoms with Crippen molar-refractivity contribution >= 4 is 11.6 Å². The smallest absolute Gasteiger partial charge is 0.0952 e. The van der Waals surface area contributed by atoms with Crippen LogP contribution in [0.3, 0.4) is 0 Å². The number of aromatic nitrogens is 4. The summed E-state index contributed by atoms with van der Waals surface area (Å²) in [6.45, 7) is 6.05. The highest BCUT2D eigenvalue weighted by atomic mass is 35.5. The molecule has 2 aromatic heterocycles. The fourth-order valence-electron chi connectivity index (χ4n) is 2.26. The quantitative estimate of drug-likeness (QED) is 0.854. The van der Waals surface area contributed by atoms with Crippen LogP contribution in [0, 0.1) is 0 Å². The van der Waals surface area contributed by atoms with Gasteiger partial charge in [-0.1, -0.05) is 25.4 Å². The van der Waals surface area contributed by atoms with Gasteiger partial charge in [0.2, 0.25) is 0 Å². The van der Waals surface area contributed by atoms with Gasteiger partial charge in [0.15, 0.2) is 0 Å². The van der Waals surface area contributed by atoms with Crippen molar-refractivity contribution in [3.63, 3.8) is 0 Å². The SMILES string of the molecule is CCCNC(c1cn(C)cn1)c1c(Cl)cnn1CCC. The van der Waals surface area contributed by atoms with Crippen molar-refractivity contribution in [3.05, 3.63) is 35.1 Å². The van der Waals surface area contributed by atoms with E-state index < -0.39 is 0 Å². The molecule has 0 aliphatic rings. The van der Waals surface area contributed by atoms with Gasteiger partial charge >= 0.3 is 0 Å². The lowest BCUT2D eigenvalue weighted by Gasteiger charge is -2.19. The van der Waals surface area contributed by atoms with Crippen molar-refractivity contribution in [1.29, 1.82) is 0 Å². The molecule has 6 heteroatoms. The van der Waals surface area contributed by atoms with Crippen molar-refractivity contribution < 1.29 is 0 Å². The van der Waals surface area contributed by atoms with Crippen molar-refractivity contribution in [2.24, 2.45) is 7.05 Å². The van der Waals surface area contributed by atoms with Crippen LogP contribution < -0.4 is 5.32 Å². The number of hydrogen-bond acceptors (Lipinski definition) is 3. The third-order valence-electron chi connectivity index (χ3n) is 3.16. The van der Waals surface area contributed by atoms with Crippen LogP contribution in [0.5, 0.6) is 0 Å². The van der Waals surface area contributed by atoms with E-state index in [9.17, 15) is 0 Å². The molecule has 1 unspecified atom stereocenters. The molecular weight excluding hydrogens is 274 g/mol. The van der Waals surface area contributed by atoms with Gasteiger partial charge in [-0.25, -0.2) is 4.98 Å². The summed E-state index contributed by atoms with van der Waals surface area (Å²) in [6, 6.07) is -0.0160. The van der Waals surface area contributed by atoms with Crippen LogP contribution in [0.25, 0.3) is 0 Å². The first-order valence-corrected chi connectivity index (χ1v) is 7.47. The molecule has 0 fully saturated rings. The summed E-state index contributed by atoms with van der Waals surface area (Å²) in [5.41, 5.74) is 1.97. The Labute approximate surface area is 125 Å². The predicted octanol–water partition coefficient (Wildman–Crippen LogP) is 2.77. The normalized spacial score (nSPS) is 12.8. The fraction of sp³-hybridized carbons (Fsp3) is 0.571. The maximum Gasteiger partial charge on any atom is 0.0952 e. The number of aryl methyl sites for hydroxylation is 2. The number of nitrogens with one attached hydrogen (secondary N) is 1. The van der Waals surface area contributed by atoms with Gasteiger partial charge in [0, 0.05) is 19.8 Å². The molecule has 2 heterocycles. The van der Waals surface area contributed by atoms with E-state index in [1.807, 2.05) is 28.8 Å². The van der Waals surface area contributed by atoms with Crippen LogP contribution in [0.1, 0.15) is 44.1 Å². The number of hydrogen-bond donors (Lipinski definition) is 1. The van der Waals surface area contributed by atoms with Gasteiger partial charge in [0.05, 0.1) is 35.0 Å². The lowest BCUT2D eigenvalue weighted by atomic mass is 10.1. The van der Waals surface area contributed by atoms with Gasteiger partial charge in [0.25, 0.3) is 0 Å². The predicted molar refractivity (Wildman–Crippen MR) is 80.9 cm³/mol. The summed E-state index contributed by atoms with van der Waals surface area (Å²) >= 11 is 6.35. The molecule has 0 saturated heterocycles. The van der Waals surface area contributed by atoms with Gasteiger partial charge in [-0.15, -0.1) is 0 Å². The molecule has 0 aromatic carbocycles. The summed E-state index contributed by atoms with van der Waals surface area (Å²) in [5.74, 6) is 0. The summed E-state index contributed by atoms with van der Waals surface area (Å²) in [4.78, 5) is 4.47. The van der Waals surface area contributed by atoms with Crippen LogP contribution in [0.15, 0.2) is 18.7 Å². The summed E-state index contributed by atoms with van der Waals surface area (Å²) in [5, 5.41) is 8.59. The second kappa shape index (κ2) is 6.90. The second-order valence-electron chi connectivity index (χ2n) is 4.95. The van der Waals surface area contributed by atoms with Crippen molar-refractivity contribution in [3.8, 4) is 0 Å². The molecule has 0 aliphatic carbocycles. The van der Waals surface area contributed by atoms with Gasteiger partial charge in [-0.2, -0.15) is 5.10 Å². The zero-order valence-electron chi connectivity index (χ0n) is 12.3. The van der Waals surface area contributed by atoms with Crippen molar-refractivity contribution in [1.82, 2.24) is 24.6 Å². The second-order valence-corrected chi connectivity index (χ2v) is 5.36. The van der Waals surface area contributed by atoms with E-state index in [0.29, 0.717) is 5.02 Å². The number of imidazole rings is 1. The fourth-order valence-corrected chi connectivity index (χ4v) is 2.51. The molecule has 0 bridgehead atoms. The van der Waals surface area contributed by atoms with Crippen molar-refractivity contribution in [2.75, 3.05) is 6.54 Å². The Hall–Kier alpha value is -1.33. The Bertz CT molecular complexity index is 546. The molecule has 20 heavy (non-hydrogen) atoms. The Balaban J connectivity index is 2.37. The molecule has 0 amide bonds. The summed E-state index contributed by atoms with van der Waals surface area (Å²) in [7, 11) is 1.97. The van der Waals surface area contributed by atoms with E-state index in [2.05, 4.69) is 29.2 Å². The van der Waals surface area contributed by atoms with Gasteiger partial charge < -0.3 is 9.88 Å². The zero-order chi connectivity index (χ0) is 14.5. The molecule has 0 radical (unpaired) electrons. The number of rotatable bonds is 7. The van der Waals surface area contributed by atoms with Crippen LogP contribution in [0.2, 0.25) is 5.02 Å². The van der Waals surface area contributed by atoms with E-state index in [0.717, 1.165) is 37.3 Å². The molecule has 5 nitrogen and oxygen atoms in total. The van der Waals surface area contributed by atoms with Crippen LogP contribution in [-0.4, -0.2) is 25.9 Å². The van der Waals surface area contributed by atoms with Crippen molar-refractivity contribution in [2.45, 2.75) is 39.3 Å². The van der Waals surface area contributed by atoms with Gasteiger partial charge in [-0.05, 0) is 19.4 Å². The summed E-state index contributed by atoms with van der Waals surface area (Å²) in [6.07, 6.45) is 7.63. The molecular formula is C14H22ClN5. The standard InChI is InChI=1S/C14H22ClN5/c1-4-6-16-13(12-9-19(3)10-17-12)14-11(15)8-18-20(14)7-5-2/h8-10,13,16H,4-7H2,1-3H3. The Kier molecular flexibility index (Phi) is 5.20. The van der Waals surface area contributed by atoms with Gasteiger partial charge in [-0.3, -0.25) is 4.68 Å². The maximum absolute atomic E-state index is 6.35. The molecule has 2 aromatic rings. The lowest BCUT2D eigenvalue weighted by molar-refractivity contribution is 0.506.